The van der Waals surface area contributed by atoms with E-state index in [-0.39, 0.29) is 5.91 Å². The lowest BCUT2D eigenvalue weighted by Crippen LogP contribution is -2.25. The first-order valence-corrected chi connectivity index (χ1v) is 7.54. The third-order valence-electron chi connectivity index (χ3n) is 3.83. The number of para-hydroxylation sites is 1. The van der Waals surface area contributed by atoms with Gasteiger partial charge in [-0.05, 0) is 43.9 Å². The molecule has 4 nitrogen and oxygen atoms in total. The number of carbonyl (C=O) groups is 1. The van der Waals surface area contributed by atoms with Crippen molar-refractivity contribution in [2.24, 2.45) is 0 Å². The van der Waals surface area contributed by atoms with E-state index in [4.69, 9.17) is 4.42 Å². The molecule has 1 amide bonds. The lowest BCUT2D eigenvalue weighted by atomic mass is 10.2. The van der Waals surface area contributed by atoms with E-state index in [2.05, 4.69) is 34.3 Å². The first kappa shape index (κ1) is 14.4. The minimum absolute atomic E-state index is 0.0632. The van der Waals surface area contributed by atoms with Gasteiger partial charge in [-0.2, -0.15) is 0 Å². The molecule has 0 bridgehead atoms. The van der Waals surface area contributed by atoms with Crippen LogP contribution >= 0.6 is 0 Å². The average Bonchev–Trinajstić information content (AvgIpc) is 3.07. The fourth-order valence-corrected chi connectivity index (χ4v) is 2.74. The van der Waals surface area contributed by atoms with Crippen molar-refractivity contribution in [2.45, 2.75) is 26.8 Å². The number of benzene rings is 1. The number of aromatic nitrogens is 1. The van der Waals surface area contributed by atoms with Gasteiger partial charge in [0.05, 0.1) is 5.56 Å². The third-order valence-corrected chi connectivity index (χ3v) is 3.83. The van der Waals surface area contributed by atoms with Crippen molar-refractivity contribution in [1.29, 1.82) is 0 Å². The molecule has 1 aromatic carbocycles. The molecule has 0 saturated heterocycles. The molecule has 0 aliphatic rings. The van der Waals surface area contributed by atoms with Crippen LogP contribution in [0.5, 0.6) is 0 Å². The molecule has 0 unspecified atom stereocenters. The van der Waals surface area contributed by atoms with Crippen molar-refractivity contribution in [3.8, 4) is 0 Å². The summed E-state index contributed by atoms with van der Waals surface area (Å²) in [4.78, 5) is 12.1. The van der Waals surface area contributed by atoms with Crippen LogP contribution < -0.4 is 5.32 Å². The Morgan fingerprint density at radius 2 is 2.05 bits per heavy atom. The zero-order valence-electron chi connectivity index (χ0n) is 12.9. The molecule has 114 valence electrons. The normalized spacial score (nSPS) is 11.0. The summed E-state index contributed by atoms with van der Waals surface area (Å²) in [5.74, 6) is 1.37. The molecule has 1 N–H and O–H groups in total. The lowest BCUT2D eigenvalue weighted by Gasteiger charge is -2.07. The second-order valence-electron chi connectivity index (χ2n) is 5.50. The quantitative estimate of drug-likeness (QED) is 0.730. The van der Waals surface area contributed by atoms with Gasteiger partial charge in [-0.25, -0.2) is 0 Å². The Morgan fingerprint density at radius 1 is 1.23 bits per heavy atom. The molecule has 0 atom stereocenters. The van der Waals surface area contributed by atoms with Crippen LogP contribution in [0, 0.1) is 13.8 Å². The molecule has 0 saturated carbocycles. The van der Waals surface area contributed by atoms with Gasteiger partial charge in [-0.3, -0.25) is 4.79 Å². The molecule has 22 heavy (non-hydrogen) atoms. The maximum Gasteiger partial charge on any atom is 0.254 e. The maximum atomic E-state index is 12.1. The fraction of sp³-hybridized carbons (Fsp3) is 0.278. The van der Waals surface area contributed by atoms with E-state index in [0.29, 0.717) is 17.9 Å². The summed E-state index contributed by atoms with van der Waals surface area (Å²) in [5.41, 5.74) is 1.86. The van der Waals surface area contributed by atoms with Crippen LogP contribution in [0.2, 0.25) is 0 Å². The minimum Gasteiger partial charge on any atom is -0.466 e. The molecule has 4 heteroatoms. The van der Waals surface area contributed by atoms with E-state index in [0.717, 1.165) is 18.7 Å². The number of nitrogens with zero attached hydrogens (tertiary/aromatic N) is 1. The van der Waals surface area contributed by atoms with Crippen LogP contribution in [0.4, 0.5) is 0 Å². The van der Waals surface area contributed by atoms with E-state index in [9.17, 15) is 4.79 Å². The van der Waals surface area contributed by atoms with Gasteiger partial charge < -0.3 is 14.3 Å². The van der Waals surface area contributed by atoms with Crippen molar-refractivity contribution < 1.29 is 9.21 Å². The highest BCUT2D eigenvalue weighted by Crippen LogP contribution is 2.15. The summed E-state index contributed by atoms with van der Waals surface area (Å²) in [6.45, 7) is 5.20. The van der Waals surface area contributed by atoms with Crippen LogP contribution in [0.15, 0.2) is 47.0 Å². The van der Waals surface area contributed by atoms with Gasteiger partial charge in [0.2, 0.25) is 0 Å². The van der Waals surface area contributed by atoms with Gasteiger partial charge in [0.1, 0.15) is 11.5 Å². The molecule has 0 aliphatic carbocycles. The summed E-state index contributed by atoms with van der Waals surface area (Å²) in [6, 6.07) is 12.2. The van der Waals surface area contributed by atoms with E-state index in [1.54, 1.807) is 6.07 Å². The topological polar surface area (TPSA) is 47.2 Å². The number of carbonyl (C=O) groups excluding carboxylic acids is 1. The highest BCUT2D eigenvalue weighted by molar-refractivity contribution is 5.95. The number of rotatable bonds is 5. The molecule has 2 aromatic heterocycles. The molecule has 0 spiro atoms. The summed E-state index contributed by atoms with van der Waals surface area (Å²) in [5, 5.41) is 4.20. The van der Waals surface area contributed by atoms with Gasteiger partial charge >= 0.3 is 0 Å². The Kier molecular flexibility index (Phi) is 4.00. The van der Waals surface area contributed by atoms with Gasteiger partial charge in [0.15, 0.2) is 0 Å². The van der Waals surface area contributed by atoms with Crippen LogP contribution in [-0.4, -0.2) is 17.0 Å². The molecule has 0 aliphatic heterocycles. The fourth-order valence-electron chi connectivity index (χ4n) is 2.74. The highest BCUT2D eigenvalue weighted by atomic mass is 16.3. The lowest BCUT2D eigenvalue weighted by molar-refractivity contribution is 0.0951. The number of hydrogen-bond acceptors (Lipinski definition) is 2. The van der Waals surface area contributed by atoms with Crippen molar-refractivity contribution in [1.82, 2.24) is 9.88 Å². The summed E-state index contributed by atoms with van der Waals surface area (Å²) >= 11 is 0. The monoisotopic (exact) mass is 296 g/mol. The number of nitrogens with one attached hydrogen (secondary N) is 1. The molecule has 0 radical (unpaired) electrons. The number of amides is 1. The third kappa shape index (κ3) is 2.91. The van der Waals surface area contributed by atoms with Gasteiger partial charge in [-0.15, -0.1) is 0 Å². The van der Waals surface area contributed by atoms with Gasteiger partial charge in [0.25, 0.3) is 5.91 Å². The first-order chi connectivity index (χ1) is 10.6. The SMILES string of the molecule is Cc1cc(C(=O)NCCCn2ccc3ccccc32)c(C)o1. The first-order valence-electron chi connectivity index (χ1n) is 7.54. The number of hydrogen-bond donors (Lipinski definition) is 1. The number of furan rings is 1. The minimum atomic E-state index is -0.0632. The van der Waals surface area contributed by atoms with E-state index in [1.807, 2.05) is 26.0 Å². The van der Waals surface area contributed by atoms with Crippen LogP contribution in [0.3, 0.4) is 0 Å². The Labute approximate surface area is 129 Å². The zero-order chi connectivity index (χ0) is 15.5. The zero-order valence-corrected chi connectivity index (χ0v) is 12.9. The molecule has 2 heterocycles. The van der Waals surface area contributed by atoms with Gasteiger partial charge in [0, 0.05) is 24.8 Å². The van der Waals surface area contributed by atoms with Crippen LogP contribution in [-0.2, 0) is 6.54 Å². The molecule has 0 fully saturated rings. The van der Waals surface area contributed by atoms with E-state index >= 15 is 0 Å². The predicted octanol–water partition coefficient (Wildman–Crippen LogP) is 3.67. The van der Waals surface area contributed by atoms with Crippen molar-refractivity contribution in [3.63, 3.8) is 0 Å². The van der Waals surface area contributed by atoms with Crippen molar-refractivity contribution in [2.75, 3.05) is 6.54 Å². The Morgan fingerprint density at radius 3 is 2.82 bits per heavy atom. The average molecular weight is 296 g/mol. The Hall–Kier alpha value is -2.49. The summed E-state index contributed by atoms with van der Waals surface area (Å²) < 4.78 is 7.60. The highest BCUT2D eigenvalue weighted by Gasteiger charge is 2.12. The summed E-state index contributed by atoms with van der Waals surface area (Å²) in [7, 11) is 0. The Balaban J connectivity index is 1.53. The van der Waals surface area contributed by atoms with Crippen molar-refractivity contribution in [3.05, 3.63) is 59.7 Å². The molecule has 3 rings (SSSR count). The van der Waals surface area contributed by atoms with Crippen LogP contribution in [0.1, 0.15) is 28.3 Å². The van der Waals surface area contributed by atoms with E-state index in [1.165, 1.54) is 10.9 Å². The maximum absolute atomic E-state index is 12.1. The predicted molar refractivity (Wildman–Crippen MR) is 87.1 cm³/mol. The smallest absolute Gasteiger partial charge is 0.254 e. The van der Waals surface area contributed by atoms with E-state index < -0.39 is 0 Å². The molecular formula is C18H20N2O2. The second-order valence-corrected chi connectivity index (χ2v) is 5.50. The Bertz CT molecular complexity index is 798. The number of fused-ring (bicyclic) bond motifs is 1. The molecule has 3 aromatic rings. The standard InChI is InChI=1S/C18H20N2O2/c1-13-12-16(14(2)22-13)18(21)19-9-5-10-20-11-8-15-6-3-4-7-17(15)20/h3-4,6-8,11-12H,5,9-10H2,1-2H3,(H,19,21). The van der Waals surface area contributed by atoms with Gasteiger partial charge in [-0.1, -0.05) is 18.2 Å². The summed E-state index contributed by atoms with van der Waals surface area (Å²) in [6.07, 6.45) is 2.98. The molecular weight excluding hydrogens is 276 g/mol. The second kappa shape index (κ2) is 6.10. The number of aryl methyl sites for hydroxylation is 3. The largest absolute Gasteiger partial charge is 0.466 e. The van der Waals surface area contributed by atoms with Crippen LogP contribution in [0.25, 0.3) is 10.9 Å². The van der Waals surface area contributed by atoms with Crippen molar-refractivity contribution >= 4 is 16.8 Å².